The highest BCUT2D eigenvalue weighted by molar-refractivity contribution is 6.33. The fourth-order valence-electron chi connectivity index (χ4n) is 2.70. The smallest absolute Gasteiger partial charge is 0.170 e. The Balaban J connectivity index is 1.72. The summed E-state index contributed by atoms with van der Waals surface area (Å²) in [6, 6.07) is 4.08. The first kappa shape index (κ1) is 13.3. The van der Waals surface area contributed by atoms with Crippen LogP contribution in [0.5, 0.6) is 0 Å². The fraction of sp³-hybridized carbons (Fsp3) is 0.400. The van der Waals surface area contributed by atoms with E-state index in [1.54, 1.807) is 12.3 Å². The van der Waals surface area contributed by atoms with Crippen molar-refractivity contribution in [2.75, 3.05) is 0 Å². The molecular weight excluding hydrogens is 274 g/mol. The van der Waals surface area contributed by atoms with Crippen LogP contribution in [-0.2, 0) is 6.42 Å². The number of hydrogen-bond donors (Lipinski definition) is 0. The summed E-state index contributed by atoms with van der Waals surface area (Å²) in [5, 5.41) is 4.92. The van der Waals surface area contributed by atoms with E-state index in [-0.39, 0.29) is 12.2 Å². The molecule has 5 heteroatoms. The van der Waals surface area contributed by atoms with Gasteiger partial charge in [-0.3, -0.25) is 14.5 Å². The molecule has 0 aromatic carbocycles. The lowest BCUT2D eigenvalue weighted by molar-refractivity contribution is 0.0991. The maximum Gasteiger partial charge on any atom is 0.170 e. The van der Waals surface area contributed by atoms with Crippen LogP contribution >= 0.6 is 11.6 Å². The van der Waals surface area contributed by atoms with Gasteiger partial charge in [-0.2, -0.15) is 5.10 Å². The van der Waals surface area contributed by atoms with Gasteiger partial charge in [-0.1, -0.05) is 24.4 Å². The molecule has 0 unspecified atom stereocenters. The Morgan fingerprint density at radius 2 is 2.15 bits per heavy atom. The largest absolute Gasteiger partial charge is 0.294 e. The Morgan fingerprint density at radius 3 is 2.90 bits per heavy atom. The molecular formula is C15H16ClN3O. The molecule has 4 nitrogen and oxygen atoms in total. The summed E-state index contributed by atoms with van der Waals surface area (Å²) in [6.45, 7) is 0. The van der Waals surface area contributed by atoms with Gasteiger partial charge in [-0.05, 0) is 25.0 Å². The summed E-state index contributed by atoms with van der Waals surface area (Å²) < 4.78 is 2.00. The van der Waals surface area contributed by atoms with Crippen LogP contribution in [0.15, 0.2) is 30.7 Å². The van der Waals surface area contributed by atoms with E-state index in [1.165, 1.54) is 31.9 Å². The van der Waals surface area contributed by atoms with Crippen molar-refractivity contribution in [2.45, 2.75) is 38.1 Å². The number of halogens is 1. The molecule has 2 aromatic rings. The molecule has 1 saturated carbocycles. The van der Waals surface area contributed by atoms with Crippen molar-refractivity contribution in [3.05, 3.63) is 47.0 Å². The fourth-order valence-corrected chi connectivity index (χ4v) is 2.93. The number of carbonyl (C=O) groups is 1. The molecule has 0 spiro atoms. The molecule has 3 rings (SSSR count). The first-order valence-corrected chi connectivity index (χ1v) is 7.28. The highest BCUT2D eigenvalue weighted by Crippen LogP contribution is 2.28. The average molecular weight is 290 g/mol. The Labute approximate surface area is 122 Å². The summed E-state index contributed by atoms with van der Waals surface area (Å²) >= 11 is 5.99. The van der Waals surface area contributed by atoms with Crippen molar-refractivity contribution in [1.29, 1.82) is 0 Å². The summed E-state index contributed by atoms with van der Waals surface area (Å²) in [5.41, 5.74) is 1.31. The number of carbonyl (C=O) groups excluding carboxylic acids is 1. The van der Waals surface area contributed by atoms with Crippen molar-refractivity contribution in [2.24, 2.45) is 0 Å². The monoisotopic (exact) mass is 289 g/mol. The zero-order valence-electron chi connectivity index (χ0n) is 11.1. The van der Waals surface area contributed by atoms with Crippen LogP contribution in [0.3, 0.4) is 0 Å². The molecule has 0 amide bonds. The van der Waals surface area contributed by atoms with E-state index in [1.807, 2.05) is 16.9 Å². The lowest BCUT2D eigenvalue weighted by Crippen LogP contribution is -2.08. The maximum absolute atomic E-state index is 12.2. The second-order valence-corrected chi connectivity index (χ2v) is 5.59. The number of aromatic nitrogens is 3. The van der Waals surface area contributed by atoms with Crippen molar-refractivity contribution < 1.29 is 4.79 Å². The summed E-state index contributed by atoms with van der Waals surface area (Å²) in [4.78, 5) is 16.1. The molecule has 104 valence electrons. The van der Waals surface area contributed by atoms with Crippen LogP contribution in [0, 0.1) is 0 Å². The second kappa shape index (κ2) is 5.75. The van der Waals surface area contributed by atoms with E-state index in [0.717, 1.165) is 5.69 Å². The molecule has 0 bridgehead atoms. The number of pyridine rings is 1. The van der Waals surface area contributed by atoms with Gasteiger partial charge in [0.05, 0.1) is 23.2 Å². The molecule has 0 atom stereocenters. The zero-order chi connectivity index (χ0) is 13.9. The van der Waals surface area contributed by atoms with Crippen molar-refractivity contribution >= 4 is 17.4 Å². The topological polar surface area (TPSA) is 47.8 Å². The van der Waals surface area contributed by atoms with Gasteiger partial charge in [-0.15, -0.1) is 0 Å². The maximum atomic E-state index is 12.2. The second-order valence-electron chi connectivity index (χ2n) is 5.18. The molecule has 2 heterocycles. The highest BCUT2D eigenvalue weighted by atomic mass is 35.5. The molecule has 0 aliphatic heterocycles. The van der Waals surface area contributed by atoms with E-state index in [0.29, 0.717) is 16.6 Å². The molecule has 20 heavy (non-hydrogen) atoms. The predicted octanol–water partition coefficient (Wildman–Crippen LogP) is 3.47. The summed E-state index contributed by atoms with van der Waals surface area (Å²) in [7, 11) is 0. The van der Waals surface area contributed by atoms with Crippen LogP contribution < -0.4 is 0 Å². The molecule has 0 radical (unpaired) electrons. The Kier molecular flexibility index (Phi) is 3.83. The minimum Gasteiger partial charge on any atom is -0.294 e. The van der Waals surface area contributed by atoms with Crippen LogP contribution in [0.1, 0.15) is 47.8 Å². The predicted molar refractivity (Wildman–Crippen MR) is 77.0 cm³/mol. The SMILES string of the molecule is O=C(Cc1ccn(C2CCCC2)n1)c1ccncc1Cl. The highest BCUT2D eigenvalue weighted by Gasteiger charge is 2.18. The quantitative estimate of drug-likeness (QED) is 0.810. The van der Waals surface area contributed by atoms with Gasteiger partial charge in [0.2, 0.25) is 0 Å². The Bertz CT molecular complexity index is 617. The van der Waals surface area contributed by atoms with Crippen LogP contribution in [0.2, 0.25) is 5.02 Å². The number of Topliss-reactive ketones (excluding diaryl/α,β-unsaturated/α-hetero) is 1. The Hall–Kier alpha value is -1.68. The van der Waals surface area contributed by atoms with Crippen LogP contribution in [0.25, 0.3) is 0 Å². The summed E-state index contributed by atoms with van der Waals surface area (Å²) in [5.74, 6) is -0.0194. The standard InChI is InChI=1S/C15H16ClN3O/c16-14-10-17-7-5-13(14)15(20)9-11-6-8-19(18-11)12-3-1-2-4-12/h5-8,10,12H,1-4,9H2. The third-order valence-corrected chi connectivity index (χ3v) is 4.08. The third kappa shape index (κ3) is 2.75. The van der Waals surface area contributed by atoms with Gasteiger partial charge >= 0.3 is 0 Å². The first-order valence-electron chi connectivity index (χ1n) is 6.91. The minimum atomic E-state index is -0.0194. The van der Waals surface area contributed by atoms with Crippen molar-refractivity contribution in [1.82, 2.24) is 14.8 Å². The van der Waals surface area contributed by atoms with E-state index in [4.69, 9.17) is 11.6 Å². The van der Waals surface area contributed by atoms with Crippen molar-refractivity contribution in [3.8, 4) is 0 Å². The number of nitrogens with zero attached hydrogens (tertiary/aromatic N) is 3. The number of hydrogen-bond acceptors (Lipinski definition) is 3. The Morgan fingerprint density at radius 1 is 1.35 bits per heavy atom. The normalized spacial score (nSPS) is 15.7. The van der Waals surface area contributed by atoms with Crippen LogP contribution in [-0.4, -0.2) is 20.5 Å². The van der Waals surface area contributed by atoms with Gasteiger partial charge in [0, 0.05) is 24.2 Å². The molecule has 2 aromatic heterocycles. The van der Waals surface area contributed by atoms with Gasteiger partial charge in [0.25, 0.3) is 0 Å². The van der Waals surface area contributed by atoms with Crippen molar-refractivity contribution in [3.63, 3.8) is 0 Å². The van der Waals surface area contributed by atoms with E-state index in [2.05, 4.69) is 10.1 Å². The van der Waals surface area contributed by atoms with Crippen LogP contribution in [0.4, 0.5) is 0 Å². The first-order chi connectivity index (χ1) is 9.74. The number of ketones is 1. The molecule has 1 fully saturated rings. The van der Waals surface area contributed by atoms with Gasteiger partial charge in [0.15, 0.2) is 5.78 Å². The molecule has 0 N–H and O–H groups in total. The summed E-state index contributed by atoms with van der Waals surface area (Å²) in [6.07, 6.45) is 10.2. The lowest BCUT2D eigenvalue weighted by Gasteiger charge is -2.08. The van der Waals surface area contributed by atoms with Gasteiger partial charge < -0.3 is 0 Å². The lowest BCUT2D eigenvalue weighted by atomic mass is 10.1. The molecule has 0 saturated heterocycles. The average Bonchev–Trinajstić information content (AvgIpc) is 3.09. The number of rotatable bonds is 4. The molecule has 1 aliphatic rings. The van der Waals surface area contributed by atoms with E-state index in [9.17, 15) is 4.79 Å². The van der Waals surface area contributed by atoms with Gasteiger partial charge in [0.1, 0.15) is 0 Å². The third-order valence-electron chi connectivity index (χ3n) is 3.78. The minimum absolute atomic E-state index is 0.0194. The van der Waals surface area contributed by atoms with E-state index >= 15 is 0 Å². The van der Waals surface area contributed by atoms with E-state index < -0.39 is 0 Å². The van der Waals surface area contributed by atoms with Gasteiger partial charge in [-0.25, -0.2) is 0 Å². The zero-order valence-corrected chi connectivity index (χ0v) is 11.9. The molecule has 1 aliphatic carbocycles.